The van der Waals surface area contributed by atoms with E-state index in [1.54, 1.807) is 0 Å². The van der Waals surface area contributed by atoms with Crippen LogP contribution < -0.4 is 16.0 Å². The first-order valence-electron chi connectivity index (χ1n) is 6.24. The van der Waals surface area contributed by atoms with E-state index in [0.29, 0.717) is 11.8 Å². The minimum absolute atomic E-state index is 0.325. The van der Waals surface area contributed by atoms with Crippen LogP contribution in [-0.4, -0.2) is 9.97 Å². The van der Waals surface area contributed by atoms with Gasteiger partial charge in [0, 0.05) is 0 Å². The lowest BCUT2D eigenvalue weighted by molar-refractivity contribution is 0.468. The van der Waals surface area contributed by atoms with Crippen LogP contribution >= 0.6 is 0 Å². The standard InChI is InChI=1S/C15H14N4O/c1-10-5-4-6-11(9-10)20-14-12-7-2-3-8-13(12)17-15(18-14)19-16/h2-9H,16H2,1H3,(H,17,18,19). The second kappa shape index (κ2) is 5.14. The summed E-state index contributed by atoms with van der Waals surface area (Å²) in [4.78, 5) is 8.56. The quantitative estimate of drug-likeness (QED) is 0.563. The number of hydrazine groups is 1. The first kappa shape index (κ1) is 12.4. The number of benzene rings is 2. The number of anilines is 1. The highest BCUT2D eigenvalue weighted by Crippen LogP contribution is 2.28. The highest BCUT2D eigenvalue weighted by molar-refractivity contribution is 5.84. The van der Waals surface area contributed by atoms with E-state index in [1.165, 1.54) is 0 Å². The molecule has 0 aliphatic heterocycles. The predicted molar refractivity (Wildman–Crippen MR) is 78.6 cm³/mol. The third-order valence-electron chi connectivity index (χ3n) is 2.90. The molecule has 3 N–H and O–H groups in total. The van der Waals surface area contributed by atoms with Crippen LogP contribution in [0.4, 0.5) is 5.95 Å². The molecule has 1 heterocycles. The van der Waals surface area contributed by atoms with Gasteiger partial charge in [-0.15, -0.1) is 0 Å². The lowest BCUT2D eigenvalue weighted by Crippen LogP contribution is -2.11. The molecule has 20 heavy (non-hydrogen) atoms. The van der Waals surface area contributed by atoms with E-state index < -0.39 is 0 Å². The Kier molecular flexibility index (Phi) is 3.18. The molecule has 2 aromatic carbocycles. The smallest absolute Gasteiger partial charge is 0.241 e. The van der Waals surface area contributed by atoms with Gasteiger partial charge in [-0.3, -0.25) is 5.43 Å². The second-order valence-corrected chi connectivity index (χ2v) is 4.43. The molecule has 0 amide bonds. The molecule has 0 unspecified atom stereocenters. The maximum absolute atomic E-state index is 5.87. The summed E-state index contributed by atoms with van der Waals surface area (Å²) in [5.74, 6) is 6.94. The molecule has 3 aromatic rings. The van der Waals surface area contributed by atoms with Crippen molar-refractivity contribution in [2.75, 3.05) is 5.43 Å². The van der Waals surface area contributed by atoms with Gasteiger partial charge in [0.1, 0.15) is 5.75 Å². The summed E-state index contributed by atoms with van der Waals surface area (Å²) >= 11 is 0. The van der Waals surface area contributed by atoms with Crippen molar-refractivity contribution < 1.29 is 4.74 Å². The molecule has 3 rings (SSSR count). The molecule has 5 nitrogen and oxygen atoms in total. The van der Waals surface area contributed by atoms with E-state index in [1.807, 2.05) is 55.5 Å². The average molecular weight is 266 g/mol. The number of aryl methyl sites for hydroxylation is 1. The number of fused-ring (bicyclic) bond motifs is 1. The lowest BCUT2D eigenvalue weighted by atomic mass is 10.2. The summed E-state index contributed by atoms with van der Waals surface area (Å²) in [6.45, 7) is 2.01. The number of ether oxygens (including phenoxy) is 1. The van der Waals surface area contributed by atoms with Crippen molar-refractivity contribution in [1.82, 2.24) is 9.97 Å². The number of nitrogens with zero attached hydrogens (tertiary/aromatic N) is 2. The molecular weight excluding hydrogens is 252 g/mol. The first-order valence-corrected chi connectivity index (χ1v) is 6.24. The van der Waals surface area contributed by atoms with Crippen molar-refractivity contribution >= 4 is 16.9 Å². The molecule has 100 valence electrons. The monoisotopic (exact) mass is 266 g/mol. The van der Waals surface area contributed by atoms with Crippen LogP contribution in [0.2, 0.25) is 0 Å². The van der Waals surface area contributed by atoms with Gasteiger partial charge >= 0.3 is 0 Å². The fraction of sp³-hybridized carbons (Fsp3) is 0.0667. The fourth-order valence-electron chi connectivity index (χ4n) is 1.98. The first-order chi connectivity index (χ1) is 9.76. The fourth-order valence-corrected chi connectivity index (χ4v) is 1.98. The molecule has 0 atom stereocenters. The van der Waals surface area contributed by atoms with E-state index in [2.05, 4.69) is 15.4 Å². The molecule has 0 aliphatic rings. The number of nitrogens with two attached hydrogens (primary N) is 1. The van der Waals surface area contributed by atoms with Gasteiger partial charge in [0.05, 0.1) is 10.9 Å². The van der Waals surface area contributed by atoms with E-state index in [4.69, 9.17) is 10.6 Å². The summed E-state index contributed by atoms with van der Waals surface area (Å²) in [6, 6.07) is 15.4. The number of nitrogen functional groups attached to an aromatic ring is 1. The van der Waals surface area contributed by atoms with E-state index in [9.17, 15) is 0 Å². The third-order valence-corrected chi connectivity index (χ3v) is 2.90. The van der Waals surface area contributed by atoms with Crippen molar-refractivity contribution in [3.63, 3.8) is 0 Å². The number of aromatic nitrogens is 2. The highest BCUT2D eigenvalue weighted by Gasteiger charge is 2.09. The van der Waals surface area contributed by atoms with Gasteiger partial charge in [-0.1, -0.05) is 24.3 Å². The summed E-state index contributed by atoms with van der Waals surface area (Å²) in [7, 11) is 0. The Balaban J connectivity index is 2.10. The maximum Gasteiger partial charge on any atom is 0.241 e. The topological polar surface area (TPSA) is 73.1 Å². The Hall–Kier alpha value is -2.66. The van der Waals surface area contributed by atoms with Crippen LogP contribution in [0.25, 0.3) is 10.9 Å². The third kappa shape index (κ3) is 2.39. The van der Waals surface area contributed by atoms with Crippen LogP contribution in [0.3, 0.4) is 0 Å². The van der Waals surface area contributed by atoms with Crippen molar-refractivity contribution in [3.05, 3.63) is 54.1 Å². The maximum atomic E-state index is 5.87. The number of hydrogen-bond donors (Lipinski definition) is 2. The zero-order chi connectivity index (χ0) is 13.9. The van der Waals surface area contributed by atoms with Gasteiger partial charge in [-0.05, 0) is 36.8 Å². The molecule has 1 aromatic heterocycles. The van der Waals surface area contributed by atoms with Crippen LogP contribution in [0.5, 0.6) is 11.6 Å². The molecule has 0 bridgehead atoms. The number of nitrogens with one attached hydrogen (secondary N) is 1. The van der Waals surface area contributed by atoms with Crippen LogP contribution in [0.1, 0.15) is 5.56 Å². The van der Waals surface area contributed by atoms with Crippen molar-refractivity contribution in [2.24, 2.45) is 5.84 Å². The summed E-state index contributed by atoms with van der Waals surface area (Å²) in [5.41, 5.74) is 4.35. The molecule has 0 radical (unpaired) electrons. The normalized spacial score (nSPS) is 10.5. The van der Waals surface area contributed by atoms with Crippen LogP contribution in [-0.2, 0) is 0 Å². The molecule has 0 saturated heterocycles. The highest BCUT2D eigenvalue weighted by atomic mass is 16.5. The molecule has 0 aliphatic carbocycles. The summed E-state index contributed by atoms with van der Waals surface area (Å²) in [6.07, 6.45) is 0. The van der Waals surface area contributed by atoms with Crippen LogP contribution in [0, 0.1) is 6.92 Å². The van der Waals surface area contributed by atoms with Gasteiger partial charge in [-0.2, -0.15) is 4.98 Å². The minimum Gasteiger partial charge on any atom is -0.438 e. The van der Waals surface area contributed by atoms with E-state index >= 15 is 0 Å². The van der Waals surface area contributed by atoms with E-state index in [0.717, 1.165) is 22.2 Å². The van der Waals surface area contributed by atoms with Crippen molar-refractivity contribution in [1.29, 1.82) is 0 Å². The van der Waals surface area contributed by atoms with Crippen LogP contribution in [0.15, 0.2) is 48.5 Å². The number of hydrogen-bond acceptors (Lipinski definition) is 5. The lowest BCUT2D eigenvalue weighted by Gasteiger charge is -2.09. The Morgan fingerprint density at radius 1 is 1.05 bits per heavy atom. The number of rotatable bonds is 3. The Morgan fingerprint density at radius 3 is 2.70 bits per heavy atom. The van der Waals surface area contributed by atoms with Crippen molar-refractivity contribution in [3.8, 4) is 11.6 Å². The zero-order valence-corrected chi connectivity index (χ0v) is 11.0. The summed E-state index contributed by atoms with van der Waals surface area (Å²) in [5, 5.41) is 0.841. The van der Waals surface area contributed by atoms with Crippen molar-refractivity contribution in [2.45, 2.75) is 6.92 Å². The van der Waals surface area contributed by atoms with Gasteiger partial charge < -0.3 is 4.74 Å². The molecule has 0 spiro atoms. The van der Waals surface area contributed by atoms with Gasteiger partial charge in [-0.25, -0.2) is 10.8 Å². The largest absolute Gasteiger partial charge is 0.438 e. The predicted octanol–water partition coefficient (Wildman–Crippen LogP) is 3.02. The molecule has 0 saturated carbocycles. The van der Waals surface area contributed by atoms with E-state index in [-0.39, 0.29) is 0 Å². The Morgan fingerprint density at radius 2 is 1.90 bits per heavy atom. The second-order valence-electron chi connectivity index (χ2n) is 4.43. The Labute approximate surface area is 116 Å². The molecule has 5 heteroatoms. The average Bonchev–Trinajstić information content (AvgIpc) is 2.47. The van der Waals surface area contributed by atoms with Gasteiger partial charge in [0.25, 0.3) is 0 Å². The van der Waals surface area contributed by atoms with Gasteiger partial charge in [0.2, 0.25) is 11.8 Å². The zero-order valence-electron chi connectivity index (χ0n) is 11.0. The number of para-hydroxylation sites is 1. The molecular formula is C15H14N4O. The minimum atomic E-state index is 0.325. The summed E-state index contributed by atoms with van der Waals surface area (Å²) < 4.78 is 5.87. The Bertz CT molecular complexity index is 758. The molecule has 0 fully saturated rings. The SMILES string of the molecule is Cc1cccc(Oc2nc(NN)nc3ccccc23)c1. The van der Waals surface area contributed by atoms with Gasteiger partial charge in [0.15, 0.2) is 0 Å².